The molecule has 3 heteroatoms. The van der Waals surface area contributed by atoms with E-state index in [0.717, 1.165) is 12.5 Å². The zero-order valence-corrected chi connectivity index (χ0v) is 11.0. The molecular formula is C14H23N3. The van der Waals surface area contributed by atoms with E-state index in [1.807, 2.05) is 6.33 Å². The van der Waals surface area contributed by atoms with Gasteiger partial charge in [0.25, 0.3) is 0 Å². The Labute approximate surface area is 104 Å². The highest BCUT2D eigenvalue weighted by atomic mass is 15.1. The summed E-state index contributed by atoms with van der Waals surface area (Å²) in [4.78, 5) is 6.79. The van der Waals surface area contributed by atoms with E-state index in [1.54, 1.807) is 0 Å². The molecule has 0 unspecified atom stereocenters. The van der Waals surface area contributed by atoms with Crippen molar-refractivity contribution in [3.8, 4) is 0 Å². The van der Waals surface area contributed by atoms with Crippen molar-refractivity contribution in [1.29, 1.82) is 0 Å². The van der Waals surface area contributed by atoms with Crippen LogP contribution < -0.4 is 0 Å². The molecule has 0 bridgehead atoms. The molecule has 1 aliphatic heterocycles. The summed E-state index contributed by atoms with van der Waals surface area (Å²) in [5.41, 5.74) is 1.95. The van der Waals surface area contributed by atoms with Gasteiger partial charge in [0.05, 0.1) is 6.33 Å². The van der Waals surface area contributed by atoms with Gasteiger partial charge in [-0.1, -0.05) is 6.92 Å². The Bertz CT molecular complexity index is 384. The van der Waals surface area contributed by atoms with E-state index in [2.05, 4.69) is 34.6 Å². The molecule has 1 saturated heterocycles. The lowest BCUT2D eigenvalue weighted by molar-refractivity contribution is 0.120. The molecule has 0 radical (unpaired) electrons. The van der Waals surface area contributed by atoms with Crippen LogP contribution in [0.1, 0.15) is 44.2 Å². The Morgan fingerprint density at radius 2 is 2.06 bits per heavy atom. The number of likely N-dealkylation sites (tertiary alicyclic amines) is 1. The van der Waals surface area contributed by atoms with Gasteiger partial charge >= 0.3 is 0 Å². The number of rotatable bonds is 3. The van der Waals surface area contributed by atoms with Crippen LogP contribution in [0.4, 0.5) is 0 Å². The minimum absolute atomic E-state index is 0.469. The molecular weight excluding hydrogens is 210 g/mol. The largest absolute Gasteiger partial charge is 0.334 e. The lowest BCUT2D eigenvalue weighted by Gasteiger charge is -2.38. The maximum Gasteiger partial charge on any atom is 0.0948 e. The van der Waals surface area contributed by atoms with Gasteiger partial charge in [0.2, 0.25) is 0 Å². The zero-order chi connectivity index (χ0) is 11.9. The summed E-state index contributed by atoms with van der Waals surface area (Å²) in [5.74, 6) is 0.812. The first-order chi connectivity index (χ1) is 8.16. The lowest BCUT2D eigenvalue weighted by Crippen LogP contribution is -2.38. The number of piperidine rings is 1. The van der Waals surface area contributed by atoms with Crippen LogP contribution in [-0.2, 0) is 6.54 Å². The van der Waals surface area contributed by atoms with Crippen molar-refractivity contribution >= 4 is 0 Å². The third kappa shape index (κ3) is 2.39. The van der Waals surface area contributed by atoms with Gasteiger partial charge in [-0.25, -0.2) is 4.98 Å². The van der Waals surface area contributed by atoms with Gasteiger partial charge in [-0.15, -0.1) is 0 Å². The fourth-order valence-electron chi connectivity index (χ4n) is 2.91. The second kappa shape index (κ2) is 4.13. The summed E-state index contributed by atoms with van der Waals surface area (Å²) in [6, 6.07) is 0. The number of aromatic nitrogens is 2. The second-order valence-corrected chi connectivity index (χ2v) is 6.33. The van der Waals surface area contributed by atoms with Crippen LogP contribution in [0.2, 0.25) is 0 Å². The van der Waals surface area contributed by atoms with E-state index in [-0.39, 0.29) is 0 Å². The first-order valence-corrected chi connectivity index (χ1v) is 6.85. The summed E-state index contributed by atoms with van der Waals surface area (Å²) < 4.78 is 2.42. The smallest absolute Gasteiger partial charge is 0.0948 e. The van der Waals surface area contributed by atoms with Gasteiger partial charge in [-0.2, -0.15) is 0 Å². The van der Waals surface area contributed by atoms with Crippen LogP contribution in [0.3, 0.4) is 0 Å². The average Bonchev–Trinajstić information content (AvgIpc) is 3.05. The standard InChI is InChI=1S/C14H23N3/c1-14(5-7-16(2)8-6-14)10-17-11-15-9-13(17)12-3-4-12/h9,11-12H,3-8,10H2,1-2H3. The minimum Gasteiger partial charge on any atom is -0.334 e. The minimum atomic E-state index is 0.469. The first kappa shape index (κ1) is 11.3. The van der Waals surface area contributed by atoms with Crippen molar-refractivity contribution in [2.45, 2.75) is 45.1 Å². The summed E-state index contributed by atoms with van der Waals surface area (Å²) in [6.45, 7) is 6.08. The quantitative estimate of drug-likeness (QED) is 0.800. The number of imidazole rings is 1. The molecule has 0 atom stereocenters. The topological polar surface area (TPSA) is 21.1 Å². The molecule has 0 aromatic carbocycles. The average molecular weight is 233 g/mol. The van der Waals surface area contributed by atoms with Crippen molar-refractivity contribution < 1.29 is 0 Å². The molecule has 1 aromatic rings. The molecule has 3 nitrogen and oxygen atoms in total. The monoisotopic (exact) mass is 233 g/mol. The third-order valence-corrected chi connectivity index (χ3v) is 4.49. The highest BCUT2D eigenvalue weighted by Gasteiger charge is 2.32. The van der Waals surface area contributed by atoms with Crippen LogP contribution in [-0.4, -0.2) is 34.6 Å². The maximum absolute atomic E-state index is 4.35. The van der Waals surface area contributed by atoms with Gasteiger partial charge in [0.15, 0.2) is 0 Å². The Hall–Kier alpha value is -0.830. The third-order valence-electron chi connectivity index (χ3n) is 4.49. The molecule has 1 saturated carbocycles. The molecule has 0 amide bonds. The van der Waals surface area contributed by atoms with Crippen LogP contribution >= 0.6 is 0 Å². The molecule has 17 heavy (non-hydrogen) atoms. The molecule has 0 N–H and O–H groups in total. The van der Waals surface area contributed by atoms with Crippen molar-refractivity contribution in [2.24, 2.45) is 5.41 Å². The maximum atomic E-state index is 4.35. The van der Waals surface area contributed by atoms with E-state index in [1.165, 1.54) is 44.5 Å². The van der Waals surface area contributed by atoms with E-state index >= 15 is 0 Å². The molecule has 0 spiro atoms. The highest BCUT2D eigenvalue weighted by Crippen LogP contribution is 2.41. The van der Waals surface area contributed by atoms with Crippen LogP contribution in [0.5, 0.6) is 0 Å². The number of nitrogens with zero attached hydrogens (tertiary/aromatic N) is 3. The zero-order valence-electron chi connectivity index (χ0n) is 11.0. The molecule has 2 heterocycles. The SMILES string of the molecule is CN1CCC(C)(Cn2cncc2C2CC2)CC1. The molecule has 94 valence electrons. The van der Waals surface area contributed by atoms with E-state index < -0.39 is 0 Å². The molecule has 3 rings (SSSR count). The first-order valence-electron chi connectivity index (χ1n) is 6.85. The van der Waals surface area contributed by atoms with Gasteiger partial charge in [0, 0.05) is 24.4 Å². The summed E-state index contributed by atoms with van der Waals surface area (Å²) in [5, 5.41) is 0. The van der Waals surface area contributed by atoms with Gasteiger partial charge in [-0.05, 0) is 51.2 Å². The van der Waals surface area contributed by atoms with Crippen molar-refractivity contribution in [1.82, 2.24) is 14.5 Å². The van der Waals surface area contributed by atoms with Gasteiger partial charge in [0.1, 0.15) is 0 Å². The summed E-state index contributed by atoms with van der Waals surface area (Å²) in [7, 11) is 2.23. The van der Waals surface area contributed by atoms with Gasteiger partial charge < -0.3 is 9.47 Å². The molecule has 1 aromatic heterocycles. The Morgan fingerprint density at radius 3 is 2.71 bits per heavy atom. The summed E-state index contributed by atoms with van der Waals surface area (Å²) >= 11 is 0. The van der Waals surface area contributed by atoms with E-state index in [0.29, 0.717) is 5.41 Å². The van der Waals surface area contributed by atoms with Gasteiger partial charge in [-0.3, -0.25) is 0 Å². The van der Waals surface area contributed by atoms with Crippen LogP contribution in [0.25, 0.3) is 0 Å². The van der Waals surface area contributed by atoms with Crippen molar-refractivity contribution in [3.05, 3.63) is 18.2 Å². The van der Waals surface area contributed by atoms with Crippen molar-refractivity contribution in [2.75, 3.05) is 20.1 Å². The van der Waals surface area contributed by atoms with Crippen LogP contribution in [0.15, 0.2) is 12.5 Å². The van der Waals surface area contributed by atoms with Crippen molar-refractivity contribution in [3.63, 3.8) is 0 Å². The van der Waals surface area contributed by atoms with E-state index in [4.69, 9.17) is 0 Å². The Balaban J connectivity index is 1.71. The lowest BCUT2D eigenvalue weighted by atomic mass is 9.80. The predicted molar refractivity (Wildman–Crippen MR) is 69.0 cm³/mol. The number of hydrogen-bond acceptors (Lipinski definition) is 2. The second-order valence-electron chi connectivity index (χ2n) is 6.33. The predicted octanol–water partition coefficient (Wildman–Crippen LogP) is 2.49. The molecule has 1 aliphatic carbocycles. The highest BCUT2D eigenvalue weighted by molar-refractivity contribution is 5.13. The summed E-state index contributed by atoms with van der Waals surface area (Å²) in [6.07, 6.45) is 9.47. The van der Waals surface area contributed by atoms with E-state index in [9.17, 15) is 0 Å². The normalized spacial score (nSPS) is 25.1. The Morgan fingerprint density at radius 1 is 1.35 bits per heavy atom. The fraction of sp³-hybridized carbons (Fsp3) is 0.786. The molecule has 2 aliphatic rings. The Kier molecular flexibility index (Phi) is 2.74. The van der Waals surface area contributed by atoms with Crippen LogP contribution in [0, 0.1) is 5.41 Å². The fourth-order valence-corrected chi connectivity index (χ4v) is 2.91. The number of hydrogen-bond donors (Lipinski definition) is 0. The molecule has 2 fully saturated rings.